The van der Waals surface area contributed by atoms with Crippen molar-refractivity contribution < 1.29 is 8.83 Å². The molecule has 230 valence electrons. The SMILES string of the molecule is N#Cc1cc(-n2c3ccccc3c3c4oc5ccccc5c4ccc32)c(-n2c3ccccc3c3c4oc5ccccc5c4ccc32)cc1C#N. The van der Waals surface area contributed by atoms with Crippen molar-refractivity contribution in [1.29, 1.82) is 10.5 Å². The fourth-order valence-electron chi connectivity index (χ4n) is 8.11. The maximum absolute atomic E-state index is 10.3. The first kappa shape index (κ1) is 26.8. The van der Waals surface area contributed by atoms with Gasteiger partial charge in [0.05, 0.1) is 55.3 Å². The van der Waals surface area contributed by atoms with Gasteiger partial charge in [-0.05, 0) is 60.7 Å². The number of rotatable bonds is 2. The highest BCUT2D eigenvalue weighted by Crippen LogP contribution is 2.44. The van der Waals surface area contributed by atoms with Gasteiger partial charge in [-0.1, -0.05) is 72.8 Å². The molecule has 11 rings (SSSR count). The lowest BCUT2D eigenvalue weighted by Gasteiger charge is -2.18. The van der Waals surface area contributed by atoms with Gasteiger partial charge in [0.2, 0.25) is 0 Å². The third-order valence-corrected chi connectivity index (χ3v) is 10.2. The van der Waals surface area contributed by atoms with Crippen LogP contribution in [0.3, 0.4) is 0 Å². The third kappa shape index (κ3) is 3.34. The molecule has 50 heavy (non-hydrogen) atoms. The fourth-order valence-corrected chi connectivity index (χ4v) is 8.11. The Morgan fingerprint density at radius 2 is 0.800 bits per heavy atom. The number of aromatic nitrogens is 2. The van der Waals surface area contributed by atoms with E-state index >= 15 is 0 Å². The Labute approximate surface area is 283 Å². The van der Waals surface area contributed by atoms with Gasteiger partial charge in [-0.3, -0.25) is 0 Å². The maximum atomic E-state index is 10.3. The quantitative estimate of drug-likeness (QED) is 0.189. The van der Waals surface area contributed by atoms with Crippen LogP contribution in [0.2, 0.25) is 0 Å². The van der Waals surface area contributed by atoms with Crippen molar-refractivity contribution in [1.82, 2.24) is 9.13 Å². The topological polar surface area (TPSA) is 83.7 Å². The van der Waals surface area contributed by atoms with Crippen LogP contribution in [0.25, 0.3) is 98.9 Å². The van der Waals surface area contributed by atoms with Crippen LogP contribution in [0.4, 0.5) is 0 Å². The molecule has 0 aliphatic rings. The van der Waals surface area contributed by atoms with E-state index in [2.05, 4.69) is 81.9 Å². The molecule has 4 aromatic heterocycles. The third-order valence-electron chi connectivity index (χ3n) is 10.2. The summed E-state index contributed by atoms with van der Waals surface area (Å²) in [5.74, 6) is 0. The van der Waals surface area contributed by atoms with Gasteiger partial charge in [0.25, 0.3) is 0 Å². The predicted molar refractivity (Wildman–Crippen MR) is 199 cm³/mol. The molecule has 4 heterocycles. The molecule has 0 aliphatic heterocycles. The van der Waals surface area contributed by atoms with Gasteiger partial charge in [-0.25, -0.2) is 0 Å². The van der Waals surface area contributed by atoms with E-state index in [1.807, 2.05) is 72.8 Å². The molecular formula is C44H22N4O2. The van der Waals surface area contributed by atoms with E-state index in [4.69, 9.17) is 8.83 Å². The predicted octanol–water partition coefficient (Wildman–Crippen LogP) is 11.4. The van der Waals surface area contributed by atoms with Crippen molar-refractivity contribution in [2.75, 3.05) is 0 Å². The van der Waals surface area contributed by atoms with Crippen LogP contribution in [-0.2, 0) is 0 Å². The summed E-state index contributed by atoms with van der Waals surface area (Å²) in [5, 5.41) is 28.9. The highest BCUT2D eigenvalue weighted by molar-refractivity contribution is 6.25. The first-order chi connectivity index (χ1) is 24.7. The van der Waals surface area contributed by atoms with E-state index in [-0.39, 0.29) is 0 Å². The zero-order chi connectivity index (χ0) is 33.1. The molecule has 0 aliphatic carbocycles. The van der Waals surface area contributed by atoms with Gasteiger partial charge in [0.1, 0.15) is 34.5 Å². The molecule has 11 aromatic rings. The Morgan fingerprint density at radius 1 is 0.400 bits per heavy atom. The lowest BCUT2D eigenvalue weighted by molar-refractivity contribution is 0.672. The van der Waals surface area contributed by atoms with Crippen molar-refractivity contribution in [2.45, 2.75) is 0 Å². The van der Waals surface area contributed by atoms with E-state index < -0.39 is 0 Å². The molecule has 0 N–H and O–H groups in total. The molecule has 6 nitrogen and oxygen atoms in total. The van der Waals surface area contributed by atoms with Gasteiger partial charge >= 0.3 is 0 Å². The Hall–Kier alpha value is -7.28. The van der Waals surface area contributed by atoms with Gasteiger partial charge in [-0.15, -0.1) is 0 Å². The molecule has 0 spiro atoms. The fraction of sp³-hybridized carbons (Fsp3) is 0. The minimum Gasteiger partial charge on any atom is -0.455 e. The van der Waals surface area contributed by atoms with E-state index in [0.717, 1.165) is 98.9 Å². The zero-order valence-corrected chi connectivity index (χ0v) is 26.3. The van der Waals surface area contributed by atoms with Crippen LogP contribution < -0.4 is 0 Å². The molecular weight excluding hydrogens is 617 g/mol. The summed E-state index contributed by atoms with van der Waals surface area (Å²) in [7, 11) is 0. The summed E-state index contributed by atoms with van der Waals surface area (Å²) >= 11 is 0. The van der Waals surface area contributed by atoms with Gasteiger partial charge < -0.3 is 18.0 Å². The highest BCUT2D eigenvalue weighted by Gasteiger charge is 2.25. The van der Waals surface area contributed by atoms with Crippen molar-refractivity contribution in [2.24, 2.45) is 0 Å². The van der Waals surface area contributed by atoms with E-state index in [9.17, 15) is 10.5 Å². The van der Waals surface area contributed by atoms with Crippen LogP contribution >= 0.6 is 0 Å². The van der Waals surface area contributed by atoms with Crippen molar-refractivity contribution in [3.63, 3.8) is 0 Å². The summed E-state index contributed by atoms with van der Waals surface area (Å²) in [5.41, 5.74) is 9.27. The van der Waals surface area contributed by atoms with Gasteiger partial charge in [0.15, 0.2) is 0 Å². The summed E-state index contributed by atoms with van der Waals surface area (Å²) < 4.78 is 17.5. The average Bonchev–Trinajstić information content (AvgIpc) is 3.91. The van der Waals surface area contributed by atoms with E-state index in [0.29, 0.717) is 11.1 Å². The largest absolute Gasteiger partial charge is 0.455 e. The molecule has 0 saturated carbocycles. The van der Waals surface area contributed by atoms with E-state index in [1.54, 1.807) is 0 Å². The van der Waals surface area contributed by atoms with Crippen molar-refractivity contribution >= 4 is 87.5 Å². The maximum Gasteiger partial charge on any atom is 0.145 e. The number of hydrogen-bond donors (Lipinski definition) is 0. The van der Waals surface area contributed by atoms with Crippen LogP contribution in [0.15, 0.2) is 142 Å². The van der Waals surface area contributed by atoms with Crippen LogP contribution in [0.1, 0.15) is 11.1 Å². The lowest BCUT2D eigenvalue weighted by atomic mass is 10.1. The molecule has 0 atom stereocenters. The normalized spacial score (nSPS) is 12.0. The highest BCUT2D eigenvalue weighted by atomic mass is 16.3. The summed E-state index contributed by atoms with van der Waals surface area (Å²) in [6.45, 7) is 0. The molecule has 0 amide bonds. The molecule has 6 heteroatoms. The Balaban J connectivity index is 1.32. The standard InChI is InChI=1S/C44H22N4O2/c45-23-25-21-37(47-33-13-5-1-11-31(33)41-35(47)19-17-29-27-9-3-7-15-39(27)49-43(29)41)38(22-26(25)24-46)48-34-14-6-2-12-32(34)42-36(48)20-18-30-28-10-4-8-16-40(28)50-44(30)42/h1-22H. The molecule has 0 bridgehead atoms. The second-order valence-electron chi connectivity index (χ2n) is 12.7. The smallest absolute Gasteiger partial charge is 0.145 e. The number of para-hydroxylation sites is 4. The summed E-state index contributed by atoms with van der Waals surface area (Å²) in [6, 6.07) is 49.6. The zero-order valence-electron chi connectivity index (χ0n) is 26.3. The van der Waals surface area contributed by atoms with Crippen molar-refractivity contribution in [3.05, 3.63) is 145 Å². The summed E-state index contributed by atoms with van der Waals surface area (Å²) in [6.07, 6.45) is 0. The number of fused-ring (bicyclic) bond motifs is 14. The Kier molecular flexibility index (Phi) is 5.16. The first-order valence-electron chi connectivity index (χ1n) is 16.4. The van der Waals surface area contributed by atoms with Crippen LogP contribution in [0, 0.1) is 22.7 Å². The monoisotopic (exact) mass is 638 g/mol. The lowest BCUT2D eigenvalue weighted by Crippen LogP contribution is -2.05. The number of hydrogen-bond acceptors (Lipinski definition) is 4. The average molecular weight is 639 g/mol. The number of benzene rings is 7. The second-order valence-corrected chi connectivity index (χ2v) is 12.7. The number of nitriles is 2. The number of nitrogens with zero attached hydrogens (tertiary/aromatic N) is 4. The molecule has 0 fully saturated rings. The molecule has 0 radical (unpaired) electrons. The molecule has 7 aromatic carbocycles. The Bertz CT molecular complexity index is 3130. The summed E-state index contributed by atoms with van der Waals surface area (Å²) in [4.78, 5) is 0. The number of furan rings is 2. The molecule has 0 unspecified atom stereocenters. The van der Waals surface area contributed by atoms with Crippen LogP contribution in [-0.4, -0.2) is 9.13 Å². The second kappa shape index (κ2) is 9.64. The minimum atomic E-state index is 0.308. The van der Waals surface area contributed by atoms with E-state index in [1.165, 1.54) is 0 Å². The minimum absolute atomic E-state index is 0.308. The molecule has 0 saturated heterocycles. The van der Waals surface area contributed by atoms with Gasteiger partial charge in [0, 0.05) is 32.3 Å². The Morgan fingerprint density at radius 3 is 1.24 bits per heavy atom. The first-order valence-corrected chi connectivity index (χ1v) is 16.4. The van der Waals surface area contributed by atoms with Crippen LogP contribution in [0.5, 0.6) is 0 Å². The van der Waals surface area contributed by atoms with Crippen molar-refractivity contribution in [3.8, 4) is 23.5 Å². The van der Waals surface area contributed by atoms with Gasteiger partial charge in [-0.2, -0.15) is 10.5 Å².